The molecule has 0 aliphatic carbocycles. The highest BCUT2D eigenvalue weighted by Crippen LogP contribution is 2.16. The summed E-state index contributed by atoms with van der Waals surface area (Å²) >= 11 is 0. The largest absolute Gasteiger partial charge is 0.0955 e. The quantitative estimate of drug-likeness (QED) is 0.608. The van der Waals surface area contributed by atoms with E-state index >= 15 is 0 Å². The molecule has 0 radical (unpaired) electrons. The summed E-state index contributed by atoms with van der Waals surface area (Å²) in [6.07, 6.45) is 3.78. The molecule has 0 saturated heterocycles. The molecule has 0 aliphatic heterocycles. The second-order valence-corrected chi connectivity index (χ2v) is 4.53. The minimum atomic E-state index is 0.839. The fourth-order valence-electron chi connectivity index (χ4n) is 1.57. The van der Waals surface area contributed by atoms with E-state index in [0.717, 1.165) is 11.5 Å². The normalized spacial score (nSPS) is 11.4. The van der Waals surface area contributed by atoms with Gasteiger partial charge in [-0.2, -0.15) is 0 Å². The number of hydrogen-bond donors (Lipinski definition) is 0. The summed E-state index contributed by atoms with van der Waals surface area (Å²) < 4.78 is 0. The molecule has 0 heterocycles. The Labute approximate surface area is 108 Å². The maximum absolute atomic E-state index is 3.94. The van der Waals surface area contributed by atoms with Crippen molar-refractivity contribution in [1.29, 1.82) is 0 Å². The average molecular weight is 232 g/mol. The van der Waals surface area contributed by atoms with Crippen molar-refractivity contribution in [3.63, 3.8) is 0 Å². The average Bonchev–Trinajstić information content (AvgIpc) is 2.38. The van der Waals surface area contributed by atoms with E-state index < -0.39 is 0 Å². The number of allylic oxidation sites excluding steroid dienone is 1. The molecule has 0 N–H and O–H groups in total. The Kier molecular flexibility index (Phi) is 8.49. The van der Waals surface area contributed by atoms with Gasteiger partial charge < -0.3 is 0 Å². The van der Waals surface area contributed by atoms with Crippen molar-refractivity contribution in [3.05, 3.63) is 42.0 Å². The van der Waals surface area contributed by atoms with Crippen LogP contribution in [0.15, 0.2) is 30.8 Å². The van der Waals surface area contributed by atoms with Gasteiger partial charge in [0.2, 0.25) is 0 Å². The second kappa shape index (κ2) is 9.04. The van der Waals surface area contributed by atoms with E-state index in [4.69, 9.17) is 0 Å². The summed E-state index contributed by atoms with van der Waals surface area (Å²) in [5, 5.41) is 0. The Bertz CT molecular complexity index is 305. The lowest BCUT2D eigenvalue weighted by Gasteiger charge is -2.08. The molecule has 1 rings (SSSR count). The molecule has 0 saturated carbocycles. The Morgan fingerprint density at radius 2 is 1.71 bits per heavy atom. The molecule has 0 bridgehead atoms. The van der Waals surface area contributed by atoms with Crippen molar-refractivity contribution in [1.82, 2.24) is 0 Å². The van der Waals surface area contributed by atoms with Crippen LogP contribution in [0.25, 0.3) is 5.57 Å². The molecule has 1 atom stereocenters. The zero-order valence-electron chi connectivity index (χ0n) is 12.2. The minimum absolute atomic E-state index is 0.839. The predicted molar refractivity (Wildman–Crippen MR) is 80.3 cm³/mol. The maximum Gasteiger partial charge on any atom is -0.0233 e. The first-order valence-corrected chi connectivity index (χ1v) is 6.88. The highest BCUT2D eigenvalue weighted by atomic mass is 14.1. The van der Waals surface area contributed by atoms with E-state index in [2.05, 4.69) is 44.7 Å². The van der Waals surface area contributed by atoms with Crippen LogP contribution >= 0.6 is 0 Å². The third-order valence-corrected chi connectivity index (χ3v) is 3.07. The van der Waals surface area contributed by atoms with Crippen molar-refractivity contribution < 1.29 is 0 Å². The van der Waals surface area contributed by atoms with Gasteiger partial charge in [-0.25, -0.2) is 0 Å². The van der Waals surface area contributed by atoms with Crippen LogP contribution in [0.1, 0.15) is 58.6 Å². The Morgan fingerprint density at radius 3 is 2.12 bits per heavy atom. The molecular formula is C17H28. The minimum Gasteiger partial charge on any atom is -0.0955 e. The van der Waals surface area contributed by atoms with E-state index in [0.29, 0.717) is 0 Å². The van der Waals surface area contributed by atoms with Gasteiger partial charge in [0.25, 0.3) is 0 Å². The molecule has 0 aromatic heterocycles. The Balaban J connectivity index is 0.00000121. The van der Waals surface area contributed by atoms with Crippen molar-refractivity contribution >= 4 is 5.57 Å². The molecule has 1 aromatic rings. The third kappa shape index (κ3) is 6.31. The topological polar surface area (TPSA) is 0 Å². The molecule has 0 aliphatic rings. The first-order valence-electron chi connectivity index (χ1n) is 6.88. The highest BCUT2D eigenvalue weighted by molar-refractivity contribution is 5.61. The van der Waals surface area contributed by atoms with Crippen molar-refractivity contribution in [3.8, 4) is 0 Å². The molecule has 17 heavy (non-hydrogen) atoms. The van der Waals surface area contributed by atoms with Gasteiger partial charge >= 0.3 is 0 Å². The van der Waals surface area contributed by atoms with E-state index in [9.17, 15) is 0 Å². The molecule has 0 amide bonds. The summed E-state index contributed by atoms with van der Waals surface area (Å²) in [6, 6.07) is 8.81. The summed E-state index contributed by atoms with van der Waals surface area (Å²) in [5.41, 5.74) is 3.84. The first-order chi connectivity index (χ1) is 8.13. The number of aryl methyl sites for hydroxylation is 1. The van der Waals surface area contributed by atoms with Gasteiger partial charge in [-0.1, -0.05) is 70.5 Å². The lowest BCUT2D eigenvalue weighted by Crippen LogP contribution is -1.95. The summed E-state index contributed by atoms with van der Waals surface area (Å²) in [5.74, 6) is 0.839. The summed E-state index contributed by atoms with van der Waals surface area (Å²) in [4.78, 5) is 0. The van der Waals surface area contributed by atoms with Gasteiger partial charge in [-0.3, -0.25) is 0 Å². The molecule has 1 unspecified atom stereocenters. The van der Waals surface area contributed by atoms with E-state index in [1.165, 1.54) is 30.4 Å². The molecule has 0 fully saturated rings. The number of rotatable bonds is 5. The van der Waals surface area contributed by atoms with Crippen molar-refractivity contribution in [2.45, 2.75) is 53.9 Å². The second-order valence-electron chi connectivity index (χ2n) is 4.53. The van der Waals surface area contributed by atoms with Crippen molar-refractivity contribution in [2.24, 2.45) is 5.92 Å². The lowest BCUT2D eigenvalue weighted by atomic mass is 9.98. The summed E-state index contributed by atoms with van der Waals surface area (Å²) in [7, 11) is 0. The number of benzene rings is 1. The monoisotopic (exact) mass is 232 g/mol. The Morgan fingerprint density at radius 1 is 1.18 bits per heavy atom. The zero-order valence-corrected chi connectivity index (χ0v) is 12.2. The fourth-order valence-corrected chi connectivity index (χ4v) is 1.57. The Hall–Kier alpha value is -1.04. The van der Waals surface area contributed by atoms with Gasteiger partial charge in [0.15, 0.2) is 0 Å². The van der Waals surface area contributed by atoms with Crippen LogP contribution in [-0.2, 0) is 6.42 Å². The van der Waals surface area contributed by atoms with Crippen LogP contribution in [0.2, 0.25) is 0 Å². The van der Waals surface area contributed by atoms with Gasteiger partial charge in [0.1, 0.15) is 0 Å². The zero-order chi connectivity index (χ0) is 13.3. The van der Waals surface area contributed by atoms with Gasteiger partial charge in [-0.15, -0.1) is 0 Å². The highest BCUT2D eigenvalue weighted by Gasteiger charge is 2.00. The van der Waals surface area contributed by atoms with Crippen LogP contribution in [0, 0.1) is 5.92 Å². The van der Waals surface area contributed by atoms with Gasteiger partial charge in [0.05, 0.1) is 0 Å². The SMILES string of the molecule is C=C(C)c1ccc(CCC(C)CC)cc1.CC. The van der Waals surface area contributed by atoms with Crippen LogP contribution in [0.5, 0.6) is 0 Å². The van der Waals surface area contributed by atoms with Crippen molar-refractivity contribution in [2.75, 3.05) is 0 Å². The van der Waals surface area contributed by atoms with Crippen LogP contribution in [0.4, 0.5) is 0 Å². The lowest BCUT2D eigenvalue weighted by molar-refractivity contribution is 0.516. The molecule has 1 aromatic carbocycles. The maximum atomic E-state index is 3.94. The predicted octanol–water partition coefficient (Wildman–Crippen LogP) is 5.72. The first kappa shape index (κ1) is 16.0. The molecule has 0 heteroatoms. The van der Waals surface area contributed by atoms with Gasteiger partial charge in [0, 0.05) is 0 Å². The van der Waals surface area contributed by atoms with Crippen LogP contribution in [-0.4, -0.2) is 0 Å². The molecular weight excluding hydrogens is 204 g/mol. The third-order valence-electron chi connectivity index (χ3n) is 3.07. The number of hydrogen-bond acceptors (Lipinski definition) is 0. The summed E-state index contributed by atoms with van der Waals surface area (Å²) in [6.45, 7) is 14.6. The van der Waals surface area contributed by atoms with E-state index in [1.54, 1.807) is 0 Å². The smallest absolute Gasteiger partial charge is 0.0233 e. The molecule has 0 nitrogen and oxygen atoms in total. The molecule has 0 spiro atoms. The van der Waals surface area contributed by atoms with Crippen LogP contribution < -0.4 is 0 Å². The van der Waals surface area contributed by atoms with E-state index in [-0.39, 0.29) is 0 Å². The molecule has 96 valence electrons. The standard InChI is InChI=1S/C15H22.C2H6/c1-5-13(4)6-7-14-8-10-15(11-9-14)12(2)3;1-2/h8-11,13H,2,5-7H2,1,3-4H3;1-2H3. The van der Waals surface area contributed by atoms with Gasteiger partial charge in [-0.05, 0) is 36.8 Å². The fraction of sp³-hybridized carbons (Fsp3) is 0.529. The van der Waals surface area contributed by atoms with Crippen LogP contribution in [0.3, 0.4) is 0 Å². The van der Waals surface area contributed by atoms with E-state index in [1.807, 2.05) is 20.8 Å².